The van der Waals surface area contributed by atoms with Crippen LogP contribution in [0.15, 0.2) is 36.5 Å². The summed E-state index contributed by atoms with van der Waals surface area (Å²) in [5, 5.41) is 0. The first kappa shape index (κ1) is 70.0. The first-order valence-electron chi connectivity index (χ1n) is 30.2. The maximum absolute atomic E-state index is 12.8. The molecule has 0 saturated heterocycles. The minimum atomic E-state index is -0.525. The molecule has 0 aliphatic heterocycles. The topological polar surface area (TPSA) is 107 Å². The van der Waals surface area contributed by atoms with E-state index in [1.807, 2.05) is 21.3 Å². The molecule has 0 radical (unpaired) electrons. The van der Waals surface area contributed by atoms with Gasteiger partial charge in [-0.2, -0.15) is 0 Å². The smallest absolute Gasteiger partial charge is 0.158 e. The Kier molecular flexibility index (Phi) is 55.1. The van der Waals surface area contributed by atoms with E-state index in [0.717, 1.165) is 128 Å². The van der Waals surface area contributed by atoms with E-state index in [1.54, 1.807) is 0 Å². The molecule has 0 saturated carbocycles. The fourth-order valence-corrected chi connectivity index (χ4v) is 9.01. The van der Waals surface area contributed by atoms with Gasteiger partial charge in [-0.15, -0.1) is 0 Å². The summed E-state index contributed by atoms with van der Waals surface area (Å²) < 4.78 is 34.6. The minimum absolute atomic E-state index is 0.0175. The maximum atomic E-state index is 12.8. The molecule has 4 atom stereocenters. The first-order valence-corrected chi connectivity index (χ1v) is 30.2. The van der Waals surface area contributed by atoms with Crippen molar-refractivity contribution in [1.29, 1.82) is 0 Å². The molecular formula is C63H116O9. The zero-order chi connectivity index (χ0) is 52.6. The summed E-state index contributed by atoms with van der Waals surface area (Å²) in [4.78, 5) is 38.2. The lowest BCUT2D eigenvalue weighted by atomic mass is 10.1. The molecule has 0 bridgehead atoms. The van der Waals surface area contributed by atoms with Gasteiger partial charge in [-0.25, -0.2) is 0 Å². The molecule has 0 rings (SSSR count). The standard InChI is InChI=1S/C63H116O9/c1-7-10-13-37-46-60(67-4)49-40-31-25-19-16-22-28-34-43-57(64)52-70-55-63(72-54-59(66)45-36-30-24-18-21-27-33-42-51-62(69-6)48-39-15-12-9-3)56-71-53-58(65)44-35-29-23-17-20-26-32-41-50-61(68-5)47-38-14-11-8-2/h31-33,40-42,60-63H,7-30,34-39,43-56H2,1-6H3/b40-31-,41-32+,42-33+. The predicted molar refractivity (Wildman–Crippen MR) is 303 cm³/mol. The third kappa shape index (κ3) is 50.2. The highest BCUT2D eigenvalue weighted by Crippen LogP contribution is 2.16. The van der Waals surface area contributed by atoms with Crippen molar-refractivity contribution < 1.29 is 42.8 Å². The minimum Gasteiger partial charge on any atom is -0.381 e. The lowest BCUT2D eigenvalue weighted by Gasteiger charge is -2.18. The summed E-state index contributed by atoms with van der Waals surface area (Å²) in [7, 11) is 5.47. The van der Waals surface area contributed by atoms with Crippen molar-refractivity contribution in [2.45, 2.75) is 296 Å². The number of allylic oxidation sites excluding steroid dienone is 3. The van der Waals surface area contributed by atoms with Crippen LogP contribution in [0.3, 0.4) is 0 Å². The molecule has 0 aliphatic rings. The van der Waals surface area contributed by atoms with Crippen LogP contribution in [-0.2, 0) is 42.8 Å². The van der Waals surface area contributed by atoms with Crippen molar-refractivity contribution in [3.63, 3.8) is 0 Å². The third-order valence-corrected chi connectivity index (χ3v) is 13.9. The van der Waals surface area contributed by atoms with E-state index in [1.165, 1.54) is 103 Å². The van der Waals surface area contributed by atoms with Crippen molar-refractivity contribution in [2.75, 3.05) is 54.4 Å². The van der Waals surface area contributed by atoms with Crippen LogP contribution in [0.1, 0.15) is 271 Å². The number of ketones is 3. The Morgan fingerprint density at radius 3 is 0.944 bits per heavy atom. The Labute approximate surface area is 444 Å². The van der Waals surface area contributed by atoms with Gasteiger partial charge in [0.05, 0.1) is 31.5 Å². The average molecular weight is 1020 g/mol. The van der Waals surface area contributed by atoms with Crippen molar-refractivity contribution in [2.24, 2.45) is 0 Å². The molecule has 0 aromatic rings. The average Bonchev–Trinajstić information content (AvgIpc) is 3.38. The van der Waals surface area contributed by atoms with Gasteiger partial charge in [0, 0.05) is 40.6 Å². The molecule has 0 aromatic carbocycles. The Hall–Kier alpha value is -2.01. The normalized spacial score (nSPS) is 13.8. The molecule has 9 nitrogen and oxygen atoms in total. The zero-order valence-corrected chi connectivity index (χ0v) is 48.1. The van der Waals surface area contributed by atoms with Crippen molar-refractivity contribution in [1.82, 2.24) is 0 Å². The number of hydrogen-bond acceptors (Lipinski definition) is 9. The second kappa shape index (κ2) is 56.7. The van der Waals surface area contributed by atoms with Crippen molar-refractivity contribution >= 4 is 17.3 Å². The number of unbranched alkanes of at least 4 members (excludes halogenated alkanes) is 24. The van der Waals surface area contributed by atoms with Crippen LogP contribution >= 0.6 is 0 Å². The Morgan fingerprint density at radius 2 is 0.625 bits per heavy atom. The summed E-state index contributed by atoms with van der Waals surface area (Å²) in [6, 6.07) is 0. The molecule has 0 N–H and O–H groups in total. The van der Waals surface area contributed by atoms with E-state index < -0.39 is 6.10 Å². The number of methoxy groups -OCH3 is 3. The van der Waals surface area contributed by atoms with Gasteiger partial charge in [0.1, 0.15) is 25.9 Å². The Morgan fingerprint density at radius 1 is 0.333 bits per heavy atom. The van der Waals surface area contributed by atoms with Crippen LogP contribution < -0.4 is 0 Å². The molecule has 422 valence electrons. The summed E-state index contributed by atoms with van der Waals surface area (Å²) in [5.74, 6) is 0.219. The number of Topliss-reactive ketones (excluding diaryl/α,β-unsaturated/α-hetero) is 3. The highest BCUT2D eigenvalue weighted by atomic mass is 16.6. The van der Waals surface area contributed by atoms with Crippen LogP contribution in [0.5, 0.6) is 0 Å². The van der Waals surface area contributed by atoms with E-state index in [-0.39, 0.29) is 50.4 Å². The van der Waals surface area contributed by atoms with Gasteiger partial charge < -0.3 is 28.4 Å². The van der Waals surface area contributed by atoms with Gasteiger partial charge in [-0.1, -0.05) is 192 Å². The third-order valence-electron chi connectivity index (χ3n) is 13.9. The van der Waals surface area contributed by atoms with Crippen LogP contribution in [0.4, 0.5) is 0 Å². The number of ether oxygens (including phenoxy) is 6. The number of hydrogen-bond donors (Lipinski definition) is 0. The highest BCUT2D eigenvalue weighted by Gasteiger charge is 2.16. The van der Waals surface area contributed by atoms with E-state index in [4.69, 9.17) is 28.4 Å². The number of rotatable bonds is 59. The fraction of sp³-hybridized carbons (Fsp3) is 0.857. The van der Waals surface area contributed by atoms with Gasteiger partial charge in [0.25, 0.3) is 0 Å². The highest BCUT2D eigenvalue weighted by molar-refractivity contribution is 5.80. The summed E-state index contributed by atoms with van der Waals surface area (Å²) >= 11 is 0. The first-order chi connectivity index (χ1) is 35.3. The molecule has 0 fully saturated rings. The molecule has 0 amide bonds. The Balaban J connectivity index is 4.56. The number of carbonyl (C=O) groups is 3. The fourth-order valence-electron chi connectivity index (χ4n) is 9.01. The second-order valence-electron chi connectivity index (χ2n) is 20.7. The summed E-state index contributed by atoms with van der Waals surface area (Å²) in [5.41, 5.74) is 0. The maximum Gasteiger partial charge on any atom is 0.158 e. The lowest BCUT2D eigenvalue weighted by Crippen LogP contribution is -2.30. The predicted octanol–water partition coefficient (Wildman–Crippen LogP) is 17.1. The summed E-state index contributed by atoms with van der Waals surface area (Å²) in [6.45, 7) is 7.04. The van der Waals surface area contributed by atoms with Crippen LogP contribution in [-0.4, -0.2) is 96.1 Å². The van der Waals surface area contributed by atoms with Gasteiger partial charge in [0.2, 0.25) is 0 Å². The summed E-state index contributed by atoms with van der Waals surface area (Å²) in [6.07, 6.45) is 56.8. The number of carbonyl (C=O) groups excluding carboxylic acids is 3. The van der Waals surface area contributed by atoms with E-state index in [2.05, 4.69) is 57.2 Å². The molecular weight excluding hydrogens is 901 g/mol. The van der Waals surface area contributed by atoms with Crippen molar-refractivity contribution in [3.8, 4) is 0 Å². The monoisotopic (exact) mass is 1020 g/mol. The van der Waals surface area contributed by atoms with E-state index >= 15 is 0 Å². The van der Waals surface area contributed by atoms with Crippen LogP contribution in [0, 0.1) is 0 Å². The van der Waals surface area contributed by atoms with Crippen molar-refractivity contribution in [3.05, 3.63) is 36.5 Å². The van der Waals surface area contributed by atoms with Gasteiger partial charge >= 0.3 is 0 Å². The molecule has 0 aromatic heterocycles. The van der Waals surface area contributed by atoms with Crippen LogP contribution in [0.25, 0.3) is 0 Å². The van der Waals surface area contributed by atoms with E-state index in [0.29, 0.717) is 37.6 Å². The molecule has 0 heterocycles. The molecule has 4 unspecified atom stereocenters. The van der Waals surface area contributed by atoms with E-state index in [9.17, 15) is 14.4 Å². The van der Waals surface area contributed by atoms with Gasteiger partial charge in [0.15, 0.2) is 17.3 Å². The van der Waals surface area contributed by atoms with Gasteiger partial charge in [-0.3, -0.25) is 14.4 Å². The Bertz CT molecular complexity index is 1200. The van der Waals surface area contributed by atoms with Crippen LogP contribution in [0.2, 0.25) is 0 Å². The quantitative estimate of drug-likeness (QED) is 0.0435. The molecule has 72 heavy (non-hydrogen) atoms. The molecule has 0 aliphatic carbocycles. The zero-order valence-electron chi connectivity index (χ0n) is 48.1. The second-order valence-corrected chi connectivity index (χ2v) is 20.7. The largest absolute Gasteiger partial charge is 0.381 e. The SMILES string of the molecule is CCCCCCC(C/C=C\CCCCCCCC(=O)COCC(COCC(=O)CCCCCCC/C=C/CC(CCCCCC)OC)OCC(=O)CCCCCCC/C=C/CC(CCCCCC)OC)OC. The lowest BCUT2D eigenvalue weighted by molar-refractivity contribution is -0.135. The van der Waals surface area contributed by atoms with Gasteiger partial charge in [-0.05, 0) is 96.3 Å². The molecule has 9 heteroatoms. The molecule has 0 spiro atoms.